The summed E-state index contributed by atoms with van der Waals surface area (Å²) in [7, 11) is 1.67. The zero-order chi connectivity index (χ0) is 20.2. The summed E-state index contributed by atoms with van der Waals surface area (Å²) in [5, 5.41) is 5.11. The van der Waals surface area contributed by atoms with E-state index >= 15 is 0 Å². The van der Waals surface area contributed by atoms with Gasteiger partial charge in [-0.2, -0.15) is 0 Å². The number of fused-ring (bicyclic) bond motifs is 4. The first-order chi connectivity index (χ1) is 14.0. The van der Waals surface area contributed by atoms with E-state index in [4.69, 9.17) is 4.74 Å². The van der Waals surface area contributed by atoms with Crippen LogP contribution in [-0.4, -0.2) is 25.2 Å². The lowest BCUT2D eigenvalue weighted by Crippen LogP contribution is -2.61. The molecule has 0 saturated carbocycles. The second-order valence-electron chi connectivity index (χ2n) is 8.23. The molecule has 3 aromatic rings. The van der Waals surface area contributed by atoms with Gasteiger partial charge in [0.05, 0.1) is 5.41 Å². The summed E-state index contributed by atoms with van der Waals surface area (Å²) in [6.07, 6.45) is 4.29. The van der Waals surface area contributed by atoms with E-state index in [1.807, 2.05) is 30.3 Å². The Morgan fingerprint density at radius 2 is 1.79 bits per heavy atom. The van der Waals surface area contributed by atoms with Gasteiger partial charge in [0.25, 0.3) is 0 Å². The van der Waals surface area contributed by atoms with Crippen LogP contribution < -0.4 is 15.0 Å². The number of anilines is 1. The van der Waals surface area contributed by atoms with E-state index in [-0.39, 0.29) is 17.9 Å². The molecule has 3 aromatic carbocycles. The highest BCUT2D eigenvalue weighted by atomic mass is 16.5. The van der Waals surface area contributed by atoms with Crippen LogP contribution in [0, 0.1) is 0 Å². The van der Waals surface area contributed by atoms with Crippen molar-refractivity contribution in [1.29, 1.82) is 0 Å². The second-order valence-corrected chi connectivity index (χ2v) is 8.23. The van der Waals surface area contributed by atoms with Gasteiger partial charge in [0, 0.05) is 18.3 Å². The van der Waals surface area contributed by atoms with E-state index in [9.17, 15) is 4.79 Å². The Kier molecular flexibility index (Phi) is 3.75. The van der Waals surface area contributed by atoms with Crippen LogP contribution in [0.5, 0.6) is 5.75 Å². The number of para-hydroxylation sites is 1. The van der Waals surface area contributed by atoms with E-state index in [0.29, 0.717) is 0 Å². The number of carbonyl (C=O) groups excluding carboxylic acids is 1. The number of nitrogens with one attached hydrogen (secondary N) is 1. The first-order valence-electron chi connectivity index (χ1n) is 9.96. The van der Waals surface area contributed by atoms with Crippen LogP contribution >= 0.6 is 0 Å². The fraction of sp³-hybridized carbons (Fsp3) is 0.240. The number of benzene rings is 3. The van der Waals surface area contributed by atoms with Gasteiger partial charge in [0.2, 0.25) is 11.6 Å². The molecule has 1 atom stereocenters. The van der Waals surface area contributed by atoms with Crippen LogP contribution in [0.15, 0.2) is 66.7 Å². The normalized spacial score (nSPS) is 21.0. The molecule has 146 valence electrons. The lowest BCUT2D eigenvalue weighted by molar-refractivity contribution is -0.120. The van der Waals surface area contributed by atoms with Crippen molar-refractivity contribution < 1.29 is 9.53 Å². The fourth-order valence-electron chi connectivity index (χ4n) is 4.79. The Morgan fingerprint density at radius 1 is 1.03 bits per heavy atom. The van der Waals surface area contributed by atoms with Crippen molar-refractivity contribution in [3.63, 3.8) is 0 Å². The number of hydrogen-bond acceptors (Lipinski definition) is 3. The summed E-state index contributed by atoms with van der Waals surface area (Å²) in [6.45, 7) is 4.60. The van der Waals surface area contributed by atoms with Crippen molar-refractivity contribution >= 4 is 28.4 Å². The predicted molar refractivity (Wildman–Crippen MR) is 117 cm³/mol. The summed E-state index contributed by atoms with van der Waals surface area (Å²) < 4.78 is 6.80. The van der Waals surface area contributed by atoms with Crippen molar-refractivity contribution in [1.82, 2.24) is 5.32 Å². The maximum atomic E-state index is 12.4. The summed E-state index contributed by atoms with van der Waals surface area (Å²) in [4.78, 5) is 14.5. The van der Waals surface area contributed by atoms with Crippen molar-refractivity contribution in [2.24, 2.45) is 0 Å². The standard InChI is InChI=1S/C25H24N2O2/c1-24(2)20-10-6-7-11-21(20)27(16-23(28)26-3)25(24)15-14-19-18-9-5-4-8-17(18)12-13-22(19)29-25/h4-15H,16H2,1-3H3,(H,26,28). The predicted octanol–water partition coefficient (Wildman–Crippen LogP) is 4.49. The molecular weight excluding hydrogens is 360 g/mol. The zero-order valence-corrected chi connectivity index (χ0v) is 16.9. The molecule has 4 nitrogen and oxygen atoms in total. The van der Waals surface area contributed by atoms with Crippen molar-refractivity contribution in [2.45, 2.75) is 25.0 Å². The first-order valence-corrected chi connectivity index (χ1v) is 9.96. The van der Waals surface area contributed by atoms with E-state index in [1.54, 1.807) is 7.05 Å². The second kappa shape index (κ2) is 6.11. The van der Waals surface area contributed by atoms with Crippen LogP contribution in [-0.2, 0) is 10.2 Å². The highest BCUT2D eigenvalue weighted by Gasteiger charge is 2.59. The van der Waals surface area contributed by atoms with Gasteiger partial charge >= 0.3 is 0 Å². The molecule has 29 heavy (non-hydrogen) atoms. The molecule has 0 bridgehead atoms. The number of hydrogen-bond donors (Lipinski definition) is 1. The third kappa shape index (κ3) is 2.35. The molecule has 0 saturated heterocycles. The lowest BCUT2D eigenvalue weighted by atomic mass is 9.76. The molecule has 0 radical (unpaired) electrons. The maximum Gasteiger partial charge on any atom is 0.239 e. The van der Waals surface area contributed by atoms with Crippen LogP contribution in [0.3, 0.4) is 0 Å². The van der Waals surface area contributed by atoms with Crippen LogP contribution in [0.2, 0.25) is 0 Å². The van der Waals surface area contributed by atoms with Gasteiger partial charge in [-0.25, -0.2) is 0 Å². The summed E-state index contributed by atoms with van der Waals surface area (Å²) in [5.74, 6) is 0.798. The number of likely N-dealkylation sites (N-methyl/N-ethyl adjacent to an activating group) is 1. The Hall–Kier alpha value is -3.27. The summed E-state index contributed by atoms with van der Waals surface area (Å²) >= 11 is 0. The molecule has 1 N–H and O–H groups in total. The van der Waals surface area contributed by atoms with Gasteiger partial charge in [0.15, 0.2) is 0 Å². The van der Waals surface area contributed by atoms with Crippen molar-refractivity contribution in [3.05, 3.63) is 77.9 Å². The molecule has 5 rings (SSSR count). The highest BCUT2D eigenvalue weighted by molar-refractivity contribution is 5.94. The third-order valence-electron chi connectivity index (χ3n) is 6.42. The minimum Gasteiger partial charge on any atom is -0.463 e. The number of carbonyl (C=O) groups is 1. The molecule has 2 aliphatic rings. The monoisotopic (exact) mass is 384 g/mol. The molecule has 1 amide bonds. The average Bonchev–Trinajstić information content (AvgIpc) is 2.92. The summed E-state index contributed by atoms with van der Waals surface area (Å²) in [5.41, 5.74) is 2.17. The zero-order valence-electron chi connectivity index (χ0n) is 16.9. The average molecular weight is 384 g/mol. The SMILES string of the molecule is CNC(=O)CN1c2ccccc2C(C)(C)C12C=Cc1c(ccc3ccccc13)O2. The molecule has 1 spiro atoms. The minimum atomic E-state index is -0.779. The first kappa shape index (κ1) is 17.8. The number of amides is 1. The quantitative estimate of drug-likeness (QED) is 0.708. The Morgan fingerprint density at radius 3 is 2.62 bits per heavy atom. The Labute approximate surface area is 170 Å². The van der Waals surface area contributed by atoms with Crippen LogP contribution in [0.4, 0.5) is 5.69 Å². The molecule has 0 fully saturated rings. The molecule has 0 aromatic heterocycles. The molecule has 1 unspecified atom stereocenters. The molecule has 4 heteroatoms. The van der Waals surface area contributed by atoms with Crippen LogP contribution in [0.1, 0.15) is 25.0 Å². The van der Waals surface area contributed by atoms with E-state index in [1.165, 1.54) is 16.3 Å². The molecular formula is C25H24N2O2. The molecule has 0 aliphatic carbocycles. The van der Waals surface area contributed by atoms with Gasteiger partial charge in [-0.05, 0) is 54.5 Å². The van der Waals surface area contributed by atoms with E-state index in [0.717, 1.165) is 17.0 Å². The van der Waals surface area contributed by atoms with E-state index < -0.39 is 5.72 Å². The number of rotatable bonds is 2. The van der Waals surface area contributed by atoms with Crippen molar-refractivity contribution in [2.75, 3.05) is 18.5 Å². The lowest BCUT2D eigenvalue weighted by Gasteiger charge is -2.47. The number of nitrogens with zero attached hydrogens (tertiary/aromatic N) is 1. The van der Waals surface area contributed by atoms with Gasteiger partial charge in [-0.3, -0.25) is 4.79 Å². The van der Waals surface area contributed by atoms with Crippen LogP contribution in [0.25, 0.3) is 16.8 Å². The minimum absolute atomic E-state index is 0.0433. The maximum absolute atomic E-state index is 12.4. The van der Waals surface area contributed by atoms with E-state index in [2.05, 4.69) is 66.5 Å². The Balaban J connectivity index is 1.70. The highest BCUT2D eigenvalue weighted by Crippen LogP contribution is 2.55. The Bertz CT molecular complexity index is 1160. The van der Waals surface area contributed by atoms with Gasteiger partial charge in [-0.1, -0.05) is 48.5 Å². The fourth-order valence-corrected chi connectivity index (χ4v) is 4.79. The topological polar surface area (TPSA) is 41.6 Å². The summed E-state index contributed by atoms with van der Waals surface area (Å²) in [6, 6.07) is 20.7. The largest absolute Gasteiger partial charge is 0.463 e. The molecule has 2 aliphatic heterocycles. The number of ether oxygens (including phenoxy) is 1. The third-order valence-corrected chi connectivity index (χ3v) is 6.42. The van der Waals surface area contributed by atoms with Gasteiger partial charge < -0.3 is 15.0 Å². The smallest absolute Gasteiger partial charge is 0.239 e. The molecule has 2 heterocycles. The van der Waals surface area contributed by atoms with Crippen molar-refractivity contribution in [3.8, 4) is 5.75 Å². The van der Waals surface area contributed by atoms with Gasteiger partial charge in [-0.15, -0.1) is 0 Å². The van der Waals surface area contributed by atoms with Gasteiger partial charge in [0.1, 0.15) is 12.3 Å².